The summed E-state index contributed by atoms with van der Waals surface area (Å²) in [4.78, 5) is 70.3. The van der Waals surface area contributed by atoms with E-state index in [1.54, 1.807) is 48.7 Å². The van der Waals surface area contributed by atoms with Crippen LogP contribution < -0.4 is 15.2 Å². The average Bonchev–Trinajstić information content (AvgIpc) is 3.75. The lowest BCUT2D eigenvalue weighted by Gasteiger charge is -2.49. The molecular formula is C41H42N7O7S2+. The summed E-state index contributed by atoms with van der Waals surface area (Å²) in [6.07, 6.45) is 4.20. The van der Waals surface area contributed by atoms with Crippen molar-refractivity contribution in [2.75, 3.05) is 17.6 Å². The zero-order chi connectivity index (χ0) is 40.3. The number of anilines is 1. The molecule has 4 amide bonds. The van der Waals surface area contributed by atoms with Crippen LogP contribution in [0.5, 0.6) is 0 Å². The number of β-lactam (4-membered cyclic amide) rings is 1. The standard InChI is InChI=1S/C41H41N7O7S2/c1-25-44-45-39(57-25)42-31(49)23-46-18-15-26(16-19-46)22-47-20-17-29(35(47)50)21-30-24-56-37-32(43-40(53)55-41(2,3)4)36(51)48(37)33(30)38(52)54-34(27-11-7-5-8-12-27)28-13-9-6-10-14-28/h5-16,18-19,21,32,34,37H,17,20,22-24H2,1-4H3,(H-,42,43,45,49,53)/p+1. The number of benzene rings is 2. The number of esters is 1. The number of pyridine rings is 1. The Morgan fingerprint density at radius 3 is 2.26 bits per heavy atom. The quantitative estimate of drug-likeness (QED) is 0.0929. The number of carbonyl (C=O) groups excluding carboxylic acids is 5. The molecule has 3 aliphatic heterocycles. The molecule has 7 rings (SSSR count). The summed E-state index contributed by atoms with van der Waals surface area (Å²) < 4.78 is 13.4. The van der Waals surface area contributed by atoms with E-state index in [2.05, 4.69) is 20.8 Å². The third kappa shape index (κ3) is 9.24. The van der Waals surface area contributed by atoms with Crippen molar-refractivity contribution in [3.8, 4) is 0 Å². The molecule has 0 saturated carbocycles. The van der Waals surface area contributed by atoms with Crippen LogP contribution >= 0.6 is 23.1 Å². The Bertz CT molecular complexity index is 2200. The second-order valence-corrected chi connectivity index (χ2v) is 17.0. The lowest BCUT2D eigenvalue weighted by Crippen LogP contribution is -2.70. The van der Waals surface area contributed by atoms with Crippen molar-refractivity contribution in [2.24, 2.45) is 0 Å². The molecule has 0 radical (unpaired) electrons. The number of hydrogen-bond donors (Lipinski definition) is 2. The van der Waals surface area contributed by atoms with Gasteiger partial charge in [0.15, 0.2) is 18.5 Å². The van der Waals surface area contributed by atoms with Crippen molar-refractivity contribution in [3.63, 3.8) is 0 Å². The summed E-state index contributed by atoms with van der Waals surface area (Å²) in [7, 11) is 0. The van der Waals surface area contributed by atoms with Crippen LogP contribution in [0, 0.1) is 6.92 Å². The van der Waals surface area contributed by atoms with Gasteiger partial charge in [0.1, 0.15) is 27.7 Å². The highest BCUT2D eigenvalue weighted by Crippen LogP contribution is 2.43. The maximum absolute atomic E-state index is 14.4. The van der Waals surface area contributed by atoms with Gasteiger partial charge in [-0.3, -0.25) is 24.6 Å². The van der Waals surface area contributed by atoms with Gasteiger partial charge in [-0.05, 0) is 62.5 Å². The second kappa shape index (κ2) is 16.7. The van der Waals surface area contributed by atoms with Crippen LogP contribution in [0.4, 0.5) is 9.93 Å². The number of likely N-dealkylation sites (tertiary alicyclic amines) is 1. The van der Waals surface area contributed by atoms with Crippen molar-refractivity contribution in [1.82, 2.24) is 25.3 Å². The molecule has 0 bridgehead atoms. The van der Waals surface area contributed by atoms with Gasteiger partial charge in [0.2, 0.25) is 17.6 Å². The van der Waals surface area contributed by atoms with Crippen molar-refractivity contribution >= 4 is 58.0 Å². The number of fused-ring (bicyclic) bond motifs is 1. The van der Waals surface area contributed by atoms with E-state index >= 15 is 0 Å². The molecule has 3 aliphatic rings. The van der Waals surface area contributed by atoms with Crippen LogP contribution in [-0.2, 0) is 41.7 Å². The highest BCUT2D eigenvalue weighted by atomic mass is 32.2. The van der Waals surface area contributed by atoms with Gasteiger partial charge in [0, 0.05) is 36.5 Å². The monoisotopic (exact) mass is 808 g/mol. The first-order valence-corrected chi connectivity index (χ1v) is 20.3. The molecule has 4 aromatic rings. The van der Waals surface area contributed by atoms with Gasteiger partial charge in [-0.15, -0.1) is 22.0 Å². The van der Waals surface area contributed by atoms with Crippen LogP contribution in [0.15, 0.2) is 108 Å². The number of aryl methyl sites for hydroxylation is 1. The second-order valence-electron chi connectivity index (χ2n) is 14.7. The summed E-state index contributed by atoms with van der Waals surface area (Å²) in [6, 6.07) is 21.5. The number of alkyl carbamates (subject to hydrolysis) is 1. The number of nitrogens with one attached hydrogen (secondary N) is 2. The number of nitrogens with zero attached hydrogens (tertiary/aromatic N) is 5. The largest absolute Gasteiger partial charge is 0.448 e. The van der Waals surface area contributed by atoms with Gasteiger partial charge in [0.25, 0.3) is 11.8 Å². The minimum Gasteiger partial charge on any atom is -0.448 e. The van der Waals surface area contributed by atoms with E-state index in [0.717, 1.165) is 21.7 Å². The Hall–Kier alpha value is -5.87. The van der Waals surface area contributed by atoms with Gasteiger partial charge in [-0.2, -0.15) is 4.57 Å². The van der Waals surface area contributed by atoms with Gasteiger partial charge in [0.05, 0.1) is 0 Å². The molecule has 5 heterocycles. The Morgan fingerprint density at radius 2 is 1.65 bits per heavy atom. The van der Waals surface area contributed by atoms with E-state index in [1.165, 1.54) is 28.0 Å². The van der Waals surface area contributed by atoms with Gasteiger partial charge >= 0.3 is 12.1 Å². The molecule has 294 valence electrons. The van der Waals surface area contributed by atoms with Crippen LogP contribution in [0.25, 0.3) is 0 Å². The van der Waals surface area contributed by atoms with Crippen LogP contribution in [0.2, 0.25) is 0 Å². The van der Waals surface area contributed by atoms with Crippen molar-refractivity contribution in [2.45, 2.75) is 70.3 Å². The number of hydrogen-bond acceptors (Lipinski definition) is 11. The summed E-state index contributed by atoms with van der Waals surface area (Å²) >= 11 is 2.68. The van der Waals surface area contributed by atoms with E-state index in [9.17, 15) is 24.0 Å². The van der Waals surface area contributed by atoms with Crippen molar-refractivity contribution in [3.05, 3.63) is 130 Å². The first-order chi connectivity index (χ1) is 27.3. The lowest BCUT2D eigenvalue weighted by molar-refractivity contribution is -0.684. The normalized spacial score (nSPS) is 18.7. The SMILES string of the molecule is Cc1nnc(NC(=O)C[n+]2ccc(CN3CCC(=CC4=C(C(=O)OC(c5ccccc5)c5ccccc5)N5C(=O)C(NC(=O)OC(C)(C)C)C5SC4)C3=O)cc2)s1. The summed E-state index contributed by atoms with van der Waals surface area (Å²) in [5.41, 5.74) is 2.64. The van der Waals surface area contributed by atoms with E-state index in [1.807, 2.05) is 79.7 Å². The zero-order valence-electron chi connectivity index (χ0n) is 31.8. The van der Waals surface area contributed by atoms with Gasteiger partial charge in [-0.25, -0.2) is 9.59 Å². The van der Waals surface area contributed by atoms with E-state index in [0.29, 0.717) is 35.8 Å². The molecule has 2 unspecified atom stereocenters. The minimum atomic E-state index is -0.914. The molecule has 0 aliphatic carbocycles. The highest BCUT2D eigenvalue weighted by molar-refractivity contribution is 8.00. The fraction of sp³-hybridized carbons (Fsp3) is 0.317. The maximum atomic E-state index is 14.4. The number of aromatic nitrogens is 3. The average molecular weight is 809 g/mol. The predicted octanol–water partition coefficient (Wildman–Crippen LogP) is 4.83. The molecule has 2 saturated heterocycles. The fourth-order valence-electron chi connectivity index (χ4n) is 6.68. The van der Waals surface area contributed by atoms with E-state index in [-0.39, 0.29) is 29.8 Å². The van der Waals surface area contributed by atoms with E-state index in [4.69, 9.17) is 9.47 Å². The van der Waals surface area contributed by atoms with Crippen molar-refractivity contribution in [1.29, 1.82) is 0 Å². The molecule has 2 fully saturated rings. The molecule has 2 N–H and O–H groups in total. The molecule has 57 heavy (non-hydrogen) atoms. The van der Waals surface area contributed by atoms with Crippen LogP contribution in [0.1, 0.15) is 55.0 Å². The third-order valence-corrected chi connectivity index (χ3v) is 11.3. The van der Waals surface area contributed by atoms with Gasteiger partial charge in [-0.1, -0.05) is 72.0 Å². The molecule has 2 aromatic heterocycles. The fourth-order valence-corrected chi connectivity index (χ4v) is 8.59. The predicted molar refractivity (Wildman–Crippen MR) is 212 cm³/mol. The molecule has 2 atom stereocenters. The molecule has 16 heteroatoms. The first kappa shape index (κ1) is 39.4. The van der Waals surface area contributed by atoms with Crippen molar-refractivity contribution < 1.29 is 38.0 Å². The first-order valence-electron chi connectivity index (χ1n) is 18.4. The summed E-state index contributed by atoms with van der Waals surface area (Å²) in [5, 5.41) is 13.9. The zero-order valence-corrected chi connectivity index (χ0v) is 33.5. The minimum absolute atomic E-state index is 0.0412. The van der Waals surface area contributed by atoms with Gasteiger partial charge < -0.3 is 19.7 Å². The molecule has 0 spiro atoms. The summed E-state index contributed by atoms with van der Waals surface area (Å²) in [6.45, 7) is 7.90. The summed E-state index contributed by atoms with van der Waals surface area (Å²) in [5.74, 6) is -1.33. The number of carbonyl (C=O) groups is 5. The van der Waals surface area contributed by atoms with E-state index < -0.39 is 41.1 Å². The highest BCUT2D eigenvalue weighted by Gasteiger charge is 2.55. The molecule has 14 nitrogen and oxygen atoms in total. The third-order valence-electron chi connectivity index (χ3n) is 9.29. The number of allylic oxidation sites excluding steroid dienone is 1. The number of amides is 4. The lowest BCUT2D eigenvalue weighted by atomic mass is 10.00. The Balaban J connectivity index is 1.11. The Labute approximate surface area is 337 Å². The Morgan fingerprint density at radius 1 is 0.982 bits per heavy atom. The molecular weight excluding hydrogens is 767 g/mol. The maximum Gasteiger partial charge on any atom is 0.408 e. The van der Waals surface area contributed by atoms with Crippen LogP contribution in [-0.4, -0.2) is 79.1 Å². The number of ether oxygens (including phenoxy) is 2. The van der Waals surface area contributed by atoms with Crippen LogP contribution in [0.3, 0.4) is 0 Å². The Kier molecular flexibility index (Phi) is 11.5. The number of thioether (sulfide) groups is 1. The topological polar surface area (TPSA) is 164 Å². The smallest absolute Gasteiger partial charge is 0.408 e. The number of rotatable bonds is 11. The molecule has 2 aromatic carbocycles.